The molecule has 0 spiro atoms. The smallest absolute Gasteiger partial charge is 0.418 e. The predicted molar refractivity (Wildman–Crippen MR) is 146 cm³/mol. The van der Waals surface area contributed by atoms with Gasteiger partial charge in [-0.15, -0.1) is 0 Å². The Hall–Kier alpha value is -3.45. The second-order valence-corrected chi connectivity index (χ2v) is 12.9. The molecule has 0 radical (unpaired) electrons. The Labute approximate surface area is 236 Å². The summed E-state index contributed by atoms with van der Waals surface area (Å²) < 4.78 is 66.8. The van der Waals surface area contributed by atoms with Crippen LogP contribution in [0.15, 0.2) is 47.4 Å². The second kappa shape index (κ2) is 11.8. The molecule has 1 fully saturated rings. The molecule has 3 aromatic rings. The number of para-hydroxylation sites is 1. The van der Waals surface area contributed by atoms with Crippen LogP contribution in [0.1, 0.15) is 54.9 Å². The molecular weight excluding hydrogens is 561 g/mol. The Morgan fingerprint density at radius 1 is 1.15 bits per heavy atom. The highest BCUT2D eigenvalue weighted by atomic mass is 32.2. The molecule has 3 atom stereocenters. The third-order valence-electron chi connectivity index (χ3n) is 7.78. The molecule has 2 aromatic carbocycles. The van der Waals surface area contributed by atoms with E-state index >= 15 is 0 Å². The molecule has 3 N–H and O–H groups in total. The number of amides is 1. The molecule has 1 aliphatic rings. The number of nitrogens with zero attached hydrogens (tertiary/aromatic N) is 2. The van der Waals surface area contributed by atoms with Gasteiger partial charge < -0.3 is 20.3 Å². The fourth-order valence-electron chi connectivity index (χ4n) is 5.39. The minimum Gasteiger partial charge on any atom is -0.478 e. The molecule has 9 nitrogen and oxygen atoms in total. The number of imidazole rings is 1. The Balaban J connectivity index is 1.53. The molecule has 1 amide bonds. The van der Waals surface area contributed by atoms with Crippen molar-refractivity contribution in [2.45, 2.75) is 68.7 Å². The average molecular weight is 595 g/mol. The molecule has 1 unspecified atom stereocenters. The van der Waals surface area contributed by atoms with E-state index in [9.17, 15) is 31.2 Å². The fourth-order valence-corrected chi connectivity index (χ4v) is 7.07. The van der Waals surface area contributed by atoms with Crippen LogP contribution in [0.4, 0.5) is 13.2 Å². The lowest BCUT2D eigenvalue weighted by molar-refractivity contribution is -0.136. The summed E-state index contributed by atoms with van der Waals surface area (Å²) in [6.07, 6.45) is -3.14. The number of benzene rings is 2. The van der Waals surface area contributed by atoms with E-state index in [4.69, 9.17) is 5.11 Å². The van der Waals surface area contributed by atoms with Crippen molar-refractivity contribution in [3.63, 3.8) is 0 Å². The van der Waals surface area contributed by atoms with Gasteiger partial charge in [0.15, 0.2) is 9.84 Å². The maximum atomic E-state index is 13.4. The van der Waals surface area contributed by atoms with Crippen LogP contribution < -0.4 is 5.32 Å². The lowest BCUT2D eigenvalue weighted by Crippen LogP contribution is -2.51. The molecule has 0 saturated heterocycles. The van der Waals surface area contributed by atoms with Gasteiger partial charge in [-0.1, -0.05) is 6.07 Å². The monoisotopic (exact) mass is 594 g/mol. The molecule has 0 bridgehead atoms. The van der Waals surface area contributed by atoms with Crippen molar-refractivity contribution >= 4 is 32.7 Å². The Morgan fingerprint density at radius 2 is 1.83 bits per heavy atom. The molecule has 4 rings (SSSR count). The number of carboxylic acid groups (broad SMARTS) is 1. The number of carbonyl (C=O) groups excluding carboxylic acids is 1. The maximum Gasteiger partial charge on any atom is 0.418 e. The van der Waals surface area contributed by atoms with Gasteiger partial charge in [0.25, 0.3) is 0 Å². The standard InChI is InChI=1S/C28H33F3N4O5S/c1-16(2)35(3)19-9-12-22(18(13-19)15-41(39,40)20-10-7-17(8-11-20)27(37)38)33-25(36)14-24-32-23-6-4-5-21(26(23)34-24)28(29,30)31/h4-8,10-11,16,18-19,22H,9,12-15H2,1-3H3,(H,32,34)(H,33,36)(H,37,38)/t18-,19?,22-/m1/s1. The zero-order valence-corrected chi connectivity index (χ0v) is 23.7. The molecule has 1 heterocycles. The van der Waals surface area contributed by atoms with Crippen LogP contribution in [0.2, 0.25) is 0 Å². The van der Waals surface area contributed by atoms with Gasteiger partial charge in [0.1, 0.15) is 11.3 Å². The number of aromatic amines is 1. The van der Waals surface area contributed by atoms with Crippen molar-refractivity contribution in [3.05, 3.63) is 59.4 Å². The number of rotatable bonds is 9. The van der Waals surface area contributed by atoms with E-state index in [-0.39, 0.29) is 51.6 Å². The lowest BCUT2D eigenvalue weighted by atomic mass is 9.81. The van der Waals surface area contributed by atoms with Crippen LogP contribution in [0, 0.1) is 5.92 Å². The second-order valence-electron chi connectivity index (χ2n) is 10.8. The number of halogens is 3. The van der Waals surface area contributed by atoms with Gasteiger partial charge in [0.05, 0.1) is 33.7 Å². The quantitative estimate of drug-likeness (QED) is 0.337. The van der Waals surface area contributed by atoms with E-state index in [2.05, 4.69) is 20.2 Å². The van der Waals surface area contributed by atoms with E-state index in [0.717, 1.165) is 12.5 Å². The molecule has 13 heteroatoms. The summed E-state index contributed by atoms with van der Waals surface area (Å²) in [5.41, 5.74) is -1.03. The van der Waals surface area contributed by atoms with Crippen molar-refractivity contribution in [3.8, 4) is 0 Å². The zero-order valence-electron chi connectivity index (χ0n) is 22.9. The first-order valence-corrected chi connectivity index (χ1v) is 14.9. The Kier molecular flexibility index (Phi) is 8.78. The Morgan fingerprint density at radius 3 is 2.44 bits per heavy atom. The number of fused-ring (bicyclic) bond motifs is 1. The molecule has 1 aliphatic carbocycles. The van der Waals surface area contributed by atoms with Gasteiger partial charge in [0, 0.05) is 18.1 Å². The molecule has 41 heavy (non-hydrogen) atoms. The van der Waals surface area contributed by atoms with Crippen LogP contribution in [0.5, 0.6) is 0 Å². The van der Waals surface area contributed by atoms with Crippen molar-refractivity contribution in [2.24, 2.45) is 5.92 Å². The van der Waals surface area contributed by atoms with Crippen molar-refractivity contribution < 1.29 is 36.3 Å². The minimum absolute atomic E-state index is 0.00495. The van der Waals surface area contributed by atoms with E-state index < -0.39 is 45.4 Å². The molecule has 1 aromatic heterocycles. The van der Waals surface area contributed by atoms with E-state index in [1.807, 2.05) is 20.9 Å². The van der Waals surface area contributed by atoms with Crippen molar-refractivity contribution in [1.29, 1.82) is 0 Å². The third kappa shape index (κ3) is 7.07. The molecule has 0 aliphatic heterocycles. The maximum absolute atomic E-state index is 13.4. The van der Waals surface area contributed by atoms with Gasteiger partial charge in [-0.05, 0) is 82.5 Å². The number of hydrogen-bond donors (Lipinski definition) is 3. The number of hydrogen-bond acceptors (Lipinski definition) is 6. The number of carboxylic acids is 1. The Bertz CT molecular complexity index is 1520. The number of sulfone groups is 1. The summed E-state index contributed by atoms with van der Waals surface area (Å²) in [7, 11) is -1.85. The normalized spacial score (nSPS) is 20.0. The molecule has 222 valence electrons. The fraction of sp³-hybridized carbons (Fsp3) is 0.464. The SMILES string of the molecule is CC(C)N(C)C1CC[C@@H](NC(=O)Cc2nc3c(C(F)(F)F)cccc3[nH]2)[C@@H](CS(=O)(=O)c2ccc(C(=O)O)cc2)C1. The largest absolute Gasteiger partial charge is 0.478 e. The van der Waals surface area contributed by atoms with Crippen molar-refractivity contribution in [2.75, 3.05) is 12.8 Å². The molecule has 1 saturated carbocycles. The van der Waals surface area contributed by atoms with Gasteiger partial charge >= 0.3 is 12.1 Å². The summed E-state index contributed by atoms with van der Waals surface area (Å²) in [5.74, 6) is -2.28. The summed E-state index contributed by atoms with van der Waals surface area (Å²) in [6, 6.07) is 8.49. The topological polar surface area (TPSA) is 132 Å². The van der Waals surface area contributed by atoms with Crippen LogP contribution >= 0.6 is 0 Å². The number of nitrogens with one attached hydrogen (secondary N) is 2. The van der Waals surface area contributed by atoms with E-state index in [0.29, 0.717) is 12.8 Å². The zero-order chi connectivity index (χ0) is 30.1. The first-order valence-electron chi connectivity index (χ1n) is 13.3. The first-order chi connectivity index (χ1) is 19.2. The first kappa shape index (κ1) is 30.5. The summed E-state index contributed by atoms with van der Waals surface area (Å²) >= 11 is 0. The summed E-state index contributed by atoms with van der Waals surface area (Å²) in [5, 5.41) is 12.0. The predicted octanol–water partition coefficient (Wildman–Crippen LogP) is 4.29. The van der Waals surface area contributed by atoms with Crippen LogP contribution in [-0.4, -0.2) is 71.2 Å². The highest BCUT2D eigenvalue weighted by molar-refractivity contribution is 7.91. The van der Waals surface area contributed by atoms with Gasteiger partial charge in [-0.25, -0.2) is 18.2 Å². The van der Waals surface area contributed by atoms with Crippen LogP contribution in [-0.2, 0) is 27.2 Å². The van der Waals surface area contributed by atoms with Gasteiger partial charge in [0.2, 0.25) is 5.91 Å². The van der Waals surface area contributed by atoms with E-state index in [1.165, 1.54) is 36.4 Å². The third-order valence-corrected chi connectivity index (χ3v) is 9.64. The number of aromatic carboxylic acids is 1. The van der Waals surface area contributed by atoms with Crippen molar-refractivity contribution in [1.82, 2.24) is 20.2 Å². The highest BCUT2D eigenvalue weighted by Gasteiger charge is 2.37. The number of H-pyrrole nitrogens is 1. The van der Waals surface area contributed by atoms with Gasteiger partial charge in [-0.3, -0.25) is 4.79 Å². The average Bonchev–Trinajstić information content (AvgIpc) is 3.30. The van der Waals surface area contributed by atoms with Crippen LogP contribution in [0.25, 0.3) is 11.0 Å². The highest BCUT2D eigenvalue weighted by Crippen LogP contribution is 2.34. The minimum atomic E-state index is -4.59. The van der Waals surface area contributed by atoms with E-state index in [1.54, 1.807) is 0 Å². The lowest BCUT2D eigenvalue weighted by Gasteiger charge is -2.41. The number of aromatic nitrogens is 2. The summed E-state index contributed by atoms with van der Waals surface area (Å²) in [4.78, 5) is 33.2. The molecular formula is C28H33F3N4O5S. The van der Waals surface area contributed by atoms with Crippen LogP contribution in [0.3, 0.4) is 0 Å². The number of carbonyl (C=O) groups is 2. The summed E-state index contributed by atoms with van der Waals surface area (Å²) in [6.45, 7) is 4.09. The van der Waals surface area contributed by atoms with Gasteiger partial charge in [-0.2, -0.15) is 13.2 Å². The number of alkyl halides is 3.